The summed E-state index contributed by atoms with van der Waals surface area (Å²) in [5, 5.41) is 2.81. The first-order chi connectivity index (χ1) is 10.0. The highest BCUT2D eigenvalue weighted by molar-refractivity contribution is 5.96. The van der Waals surface area contributed by atoms with Crippen molar-refractivity contribution >= 4 is 11.8 Å². The van der Waals surface area contributed by atoms with Crippen molar-refractivity contribution < 1.29 is 9.59 Å². The number of hydrogen-bond acceptors (Lipinski definition) is 2. The zero-order valence-electron chi connectivity index (χ0n) is 14.2. The highest BCUT2D eigenvalue weighted by atomic mass is 16.2. The van der Waals surface area contributed by atoms with E-state index in [-0.39, 0.29) is 29.8 Å². The number of nitrogens with zero attached hydrogens (tertiary/aromatic N) is 1. The molecule has 3 unspecified atom stereocenters. The van der Waals surface area contributed by atoms with Crippen molar-refractivity contribution in [1.29, 1.82) is 0 Å². The minimum Gasteiger partial charge on any atom is -0.343 e. The summed E-state index contributed by atoms with van der Waals surface area (Å²) >= 11 is 0. The molecule has 2 amide bonds. The molecule has 4 heteroatoms. The smallest absolute Gasteiger partial charge is 0.245 e. The van der Waals surface area contributed by atoms with Gasteiger partial charge in [-0.1, -0.05) is 59.3 Å². The van der Waals surface area contributed by atoms with Crippen LogP contribution in [0.4, 0.5) is 0 Å². The number of piperazine rings is 1. The fourth-order valence-corrected chi connectivity index (χ4v) is 2.99. The third kappa shape index (κ3) is 5.01. The first-order valence-electron chi connectivity index (χ1n) is 8.63. The molecule has 4 nitrogen and oxygen atoms in total. The van der Waals surface area contributed by atoms with Crippen molar-refractivity contribution in [2.24, 2.45) is 5.92 Å². The average Bonchev–Trinajstić information content (AvgIpc) is 2.46. The van der Waals surface area contributed by atoms with Crippen molar-refractivity contribution in [3.63, 3.8) is 0 Å². The van der Waals surface area contributed by atoms with E-state index in [1.54, 1.807) is 6.92 Å². The van der Waals surface area contributed by atoms with Crippen LogP contribution in [-0.2, 0) is 9.59 Å². The Kier molecular flexibility index (Phi) is 7.76. The van der Waals surface area contributed by atoms with Crippen LogP contribution in [0.2, 0.25) is 0 Å². The highest BCUT2D eigenvalue weighted by Gasteiger charge is 2.40. The first kappa shape index (κ1) is 18.0. The van der Waals surface area contributed by atoms with Crippen molar-refractivity contribution in [1.82, 2.24) is 10.2 Å². The van der Waals surface area contributed by atoms with Crippen LogP contribution < -0.4 is 5.32 Å². The molecule has 1 heterocycles. The van der Waals surface area contributed by atoms with Crippen LogP contribution in [0.5, 0.6) is 0 Å². The lowest BCUT2D eigenvalue weighted by atomic mass is 9.93. The van der Waals surface area contributed by atoms with Crippen LogP contribution in [0.15, 0.2) is 0 Å². The van der Waals surface area contributed by atoms with Gasteiger partial charge in [-0.2, -0.15) is 0 Å². The zero-order chi connectivity index (χ0) is 15.8. The Bertz CT molecular complexity index is 344. The van der Waals surface area contributed by atoms with Crippen LogP contribution in [0.25, 0.3) is 0 Å². The molecule has 0 aromatic heterocycles. The number of unbranched alkanes of at least 4 members (excludes halogenated alkanes) is 5. The molecule has 0 aromatic carbocycles. The molecule has 3 atom stereocenters. The molecule has 0 spiro atoms. The summed E-state index contributed by atoms with van der Waals surface area (Å²) in [5.74, 6) is 0.303. The van der Waals surface area contributed by atoms with E-state index in [0.29, 0.717) is 0 Å². The van der Waals surface area contributed by atoms with E-state index in [9.17, 15) is 9.59 Å². The largest absolute Gasteiger partial charge is 0.343 e. The molecule has 1 aliphatic heterocycles. The summed E-state index contributed by atoms with van der Waals surface area (Å²) < 4.78 is 0. The molecule has 0 radical (unpaired) electrons. The Hall–Kier alpha value is -1.06. The van der Waals surface area contributed by atoms with E-state index >= 15 is 0 Å². The number of amides is 2. The molecule has 1 aliphatic rings. The van der Waals surface area contributed by atoms with Gasteiger partial charge in [-0.25, -0.2) is 0 Å². The number of nitrogens with one attached hydrogen (secondary N) is 1. The SMILES string of the molecule is CCCCCCCCN1C(=O)C(C)NC(=O)C1C(C)CC. The maximum atomic E-state index is 12.4. The summed E-state index contributed by atoms with van der Waals surface area (Å²) in [6.45, 7) is 8.84. The number of carbonyl (C=O) groups excluding carboxylic acids is 2. The summed E-state index contributed by atoms with van der Waals surface area (Å²) in [4.78, 5) is 26.4. The second kappa shape index (κ2) is 9.06. The molecule has 1 N–H and O–H groups in total. The minimum atomic E-state index is -0.377. The highest BCUT2D eigenvalue weighted by Crippen LogP contribution is 2.21. The van der Waals surface area contributed by atoms with Crippen LogP contribution >= 0.6 is 0 Å². The summed E-state index contributed by atoms with van der Waals surface area (Å²) in [6.07, 6.45) is 8.10. The van der Waals surface area contributed by atoms with Gasteiger partial charge in [0.05, 0.1) is 0 Å². The lowest BCUT2D eigenvalue weighted by Gasteiger charge is -2.40. The van der Waals surface area contributed by atoms with Crippen LogP contribution in [0.1, 0.15) is 72.6 Å². The van der Waals surface area contributed by atoms with E-state index in [4.69, 9.17) is 0 Å². The van der Waals surface area contributed by atoms with Crippen molar-refractivity contribution in [3.05, 3.63) is 0 Å². The fraction of sp³-hybridized carbons (Fsp3) is 0.882. The van der Waals surface area contributed by atoms with E-state index in [0.717, 1.165) is 25.8 Å². The Labute approximate surface area is 129 Å². The summed E-state index contributed by atoms with van der Waals surface area (Å²) in [6, 6.07) is -0.660. The summed E-state index contributed by atoms with van der Waals surface area (Å²) in [5.41, 5.74) is 0. The van der Waals surface area contributed by atoms with E-state index in [1.807, 2.05) is 4.90 Å². The van der Waals surface area contributed by atoms with E-state index < -0.39 is 0 Å². The van der Waals surface area contributed by atoms with Gasteiger partial charge in [0, 0.05) is 6.54 Å². The quantitative estimate of drug-likeness (QED) is 0.665. The van der Waals surface area contributed by atoms with Gasteiger partial charge in [0.25, 0.3) is 0 Å². The Balaban J connectivity index is 2.55. The molecule has 0 saturated carbocycles. The molecule has 21 heavy (non-hydrogen) atoms. The normalized spacial score (nSPS) is 24.1. The van der Waals surface area contributed by atoms with Gasteiger partial charge < -0.3 is 10.2 Å². The second-order valence-corrected chi connectivity index (χ2v) is 6.36. The predicted molar refractivity (Wildman–Crippen MR) is 85.9 cm³/mol. The molecule has 1 fully saturated rings. The minimum absolute atomic E-state index is 0.0161. The van der Waals surface area contributed by atoms with Crippen LogP contribution in [-0.4, -0.2) is 35.3 Å². The average molecular weight is 296 g/mol. The van der Waals surface area contributed by atoms with Gasteiger partial charge in [0.2, 0.25) is 11.8 Å². The predicted octanol–water partition coefficient (Wildman–Crippen LogP) is 3.11. The molecule has 1 saturated heterocycles. The van der Waals surface area contributed by atoms with Crippen LogP contribution in [0.3, 0.4) is 0 Å². The van der Waals surface area contributed by atoms with Crippen molar-refractivity contribution in [3.8, 4) is 0 Å². The van der Waals surface area contributed by atoms with Gasteiger partial charge in [0.15, 0.2) is 0 Å². The fourth-order valence-electron chi connectivity index (χ4n) is 2.99. The molecular weight excluding hydrogens is 264 g/mol. The molecular formula is C17H32N2O2. The van der Waals surface area contributed by atoms with E-state index in [1.165, 1.54) is 25.7 Å². The first-order valence-corrected chi connectivity index (χ1v) is 8.63. The van der Waals surface area contributed by atoms with Crippen molar-refractivity contribution in [2.75, 3.05) is 6.54 Å². The van der Waals surface area contributed by atoms with Gasteiger partial charge in [0.1, 0.15) is 12.1 Å². The Morgan fingerprint density at radius 2 is 1.71 bits per heavy atom. The third-order valence-electron chi connectivity index (χ3n) is 4.55. The maximum absolute atomic E-state index is 12.4. The second-order valence-electron chi connectivity index (χ2n) is 6.36. The van der Waals surface area contributed by atoms with Gasteiger partial charge >= 0.3 is 0 Å². The number of rotatable bonds is 9. The monoisotopic (exact) mass is 296 g/mol. The maximum Gasteiger partial charge on any atom is 0.245 e. The third-order valence-corrected chi connectivity index (χ3v) is 4.55. The van der Waals surface area contributed by atoms with Gasteiger partial charge in [-0.05, 0) is 19.3 Å². The topological polar surface area (TPSA) is 49.4 Å². The Morgan fingerprint density at radius 1 is 1.10 bits per heavy atom. The lowest BCUT2D eigenvalue weighted by molar-refractivity contribution is -0.151. The number of hydrogen-bond donors (Lipinski definition) is 1. The molecule has 122 valence electrons. The molecule has 0 aliphatic carbocycles. The lowest BCUT2D eigenvalue weighted by Crippen LogP contribution is -2.64. The van der Waals surface area contributed by atoms with Gasteiger partial charge in [-0.3, -0.25) is 9.59 Å². The zero-order valence-corrected chi connectivity index (χ0v) is 14.2. The van der Waals surface area contributed by atoms with Gasteiger partial charge in [-0.15, -0.1) is 0 Å². The molecule has 0 aromatic rings. The molecule has 0 bridgehead atoms. The van der Waals surface area contributed by atoms with Crippen LogP contribution in [0, 0.1) is 5.92 Å². The van der Waals surface area contributed by atoms with E-state index in [2.05, 4.69) is 26.1 Å². The summed E-state index contributed by atoms with van der Waals surface area (Å²) in [7, 11) is 0. The molecule has 1 rings (SSSR count). The Morgan fingerprint density at radius 3 is 2.33 bits per heavy atom. The standard InChI is InChI=1S/C17H32N2O2/c1-5-7-8-9-10-11-12-19-15(13(3)6-2)16(20)18-14(4)17(19)21/h13-15H,5-12H2,1-4H3,(H,18,20). The number of carbonyl (C=O) groups is 2. The van der Waals surface area contributed by atoms with Crippen molar-refractivity contribution in [2.45, 2.75) is 84.7 Å².